The van der Waals surface area contributed by atoms with Crippen LogP contribution in [0.25, 0.3) is 0 Å². The van der Waals surface area contributed by atoms with E-state index in [4.69, 9.17) is 19.9 Å². The molecular formula is C23H22N2O5S. The van der Waals surface area contributed by atoms with E-state index >= 15 is 0 Å². The van der Waals surface area contributed by atoms with E-state index in [-0.39, 0.29) is 25.7 Å². The molecule has 3 aromatic rings. The summed E-state index contributed by atoms with van der Waals surface area (Å²) in [6.07, 6.45) is 0.738. The van der Waals surface area contributed by atoms with E-state index in [0.717, 1.165) is 21.8 Å². The van der Waals surface area contributed by atoms with Gasteiger partial charge in [0.15, 0.2) is 11.5 Å². The number of hydrogen-bond donors (Lipinski definition) is 2. The van der Waals surface area contributed by atoms with Gasteiger partial charge in [0.2, 0.25) is 12.7 Å². The number of nitrogens with one attached hydrogen (secondary N) is 1. The van der Waals surface area contributed by atoms with Crippen LogP contribution in [0.1, 0.15) is 32.8 Å². The molecule has 0 aliphatic carbocycles. The molecule has 1 aliphatic rings. The molecule has 0 unspecified atom stereocenters. The molecule has 4 rings (SSSR count). The van der Waals surface area contributed by atoms with Gasteiger partial charge in [-0.25, -0.2) is 0 Å². The van der Waals surface area contributed by atoms with Gasteiger partial charge in [-0.15, -0.1) is 11.3 Å². The van der Waals surface area contributed by atoms with Gasteiger partial charge in [0, 0.05) is 11.3 Å². The van der Waals surface area contributed by atoms with Crippen molar-refractivity contribution in [3.8, 4) is 17.2 Å². The Morgan fingerprint density at radius 1 is 1.13 bits per heavy atom. The molecule has 31 heavy (non-hydrogen) atoms. The lowest BCUT2D eigenvalue weighted by Gasteiger charge is -2.07. The summed E-state index contributed by atoms with van der Waals surface area (Å²) in [5, 5.41) is 3.28. The topological polar surface area (TPSA) is 99.9 Å². The first kappa shape index (κ1) is 20.7. The van der Waals surface area contributed by atoms with Crippen LogP contribution in [0.15, 0.2) is 48.5 Å². The summed E-state index contributed by atoms with van der Waals surface area (Å²) >= 11 is 1.36. The average molecular weight is 439 g/mol. The number of para-hydroxylation sites is 1. The summed E-state index contributed by atoms with van der Waals surface area (Å²) in [6.45, 7) is 2.29. The average Bonchev–Trinajstić information content (AvgIpc) is 3.33. The van der Waals surface area contributed by atoms with E-state index in [9.17, 15) is 9.59 Å². The smallest absolute Gasteiger partial charge is 0.251 e. The number of fused-ring (bicyclic) bond motifs is 1. The molecule has 0 bridgehead atoms. The Morgan fingerprint density at radius 2 is 1.90 bits per heavy atom. The molecule has 0 fully saturated rings. The van der Waals surface area contributed by atoms with Gasteiger partial charge in [-0.05, 0) is 42.3 Å². The van der Waals surface area contributed by atoms with E-state index in [1.165, 1.54) is 11.3 Å². The van der Waals surface area contributed by atoms with Crippen molar-refractivity contribution in [2.24, 2.45) is 5.73 Å². The molecule has 2 aromatic carbocycles. The van der Waals surface area contributed by atoms with Crippen molar-refractivity contribution in [3.05, 3.63) is 70.1 Å². The normalized spacial score (nSPS) is 11.9. The van der Waals surface area contributed by atoms with Gasteiger partial charge in [0.05, 0.1) is 18.6 Å². The largest absolute Gasteiger partial charge is 0.493 e. The third-order valence-electron chi connectivity index (χ3n) is 4.89. The maximum atomic E-state index is 12.4. The van der Waals surface area contributed by atoms with Crippen LogP contribution in [-0.4, -0.2) is 25.2 Å². The first-order valence-corrected chi connectivity index (χ1v) is 10.6. The number of nitrogens with two attached hydrogens (primary N) is 1. The summed E-state index contributed by atoms with van der Waals surface area (Å²) in [7, 11) is 0. The van der Waals surface area contributed by atoms with E-state index in [1.54, 1.807) is 0 Å². The fourth-order valence-electron chi connectivity index (χ4n) is 3.32. The van der Waals surface area contributed by atoms with Crippen molar-refractivity contribution in [3.63, 3.8) is 0 Å². The van der Waals surface area contributed by atoms with Crippen LogP contribution in [-0.2, 0) is 11.2 Å². The summed E-state index contributed by atoms with van der Waals surface area (Å²) in [5.74, 6) is 1.31. The van der Waals surface area contributed by atoms with E-state index in [2.05, 4.69) is 5.32 Å². The van der Waals surface area contributed by atoms with Crippen LogP contribution >= 0.6 is 11.3 Å². The molecule has 2 amide bonds. The third kappa shape index (κ3) is 4.80. The number of ether oxygens (including phenoxy) is 3. The lowest BCUT2D eigenvalue weighted by Crippen LogP contribution is -2.18. The van der Waals surface area contributed by atoms with Gasteiger partial charge in [-0.3, -0.25) is 9.59 Å². The lowest BCUT2D eigenvalue weighted by atomic mass is 10.1. The highest BCUT2D eigenvalue weighted by Gasteiger charge is 2.22. The Bertz CT molecular complexity index is 1110. The second-order valence-electron chi connectivity index (χ2n) is 7.04. The maximum absolute atomic E-state index is 12.4. The number of anilines is 1. The van der Waals surface area contributed by atoms with E-state index in [0.29, 0.717) is 28.5 Å². The van der Waals surface area contributed by atoms with Crippen molar-refractivity contribution < 1.29 is 23.8 Å². The highest BCUT2D eigenvalue weighted by molar-refractivity contribution is 7.17. The third-order valence-corrected chi connectivity index (χ3v) is 6.09. The van der Waals surface area contributed by atoms with E-state index < -0.39 is 5.91 Å². The van der Waals surface area contributed by atoms with Gasteiger partial charge < -0.3 is 25.3 Å². The molecule has 0 saturated carbocycles. The molecule has 0 radical (unpaired) electrons. The number of carbonyl (C=O) groups excluding carboxylic acids is 2. The van der Waals surface area contributed by atoms with Gasteiger partial charge in [-0.1, -0.05) is 24.3 Å². The molecule has 8 heteroatoms. The van der Waals surface area contributed by atoms with E-state index in [1.807, 2.05) is 55.5 Å². The number of hydrogen-bond acceptors (Lipinski definition) is 6. The zero-order valence-electron chi connectivity index (χ0n) is 17.0. The highest BCUT2D eigenvalue weighted by atomic mass is 32.1. The van der Waals surface area contributed by atoms with Gasteiger partial charge in [-0.2, -0.15) is 0 Å². The Labute approximate surface area is 183 Å². The molecule has 3 N–H and O–H groups in total. The molecule has 1 aliphatic heterocycles. The Kier molecular flexibility index (Phi) is 6.08. The number of amides is 2. The van der Waals surface area contributed by atoms with Crippen molar-refractivity contribution in [2.45, 2.75) is 19.8 Å². The zero-order chi connectivity index (χ0) is 21.8. The number of thiophene rings is 1. The quantitative estimate of drug-likeness (QED) is 0.556. The molecule has 0 saturated heterocycles. The summed E-state index contributed by atoms with van der Waals surface area (Å²) in [5.41, 5.74) is 7.73. The van der Waals surface area contributed by atoms with Crippen LogP contribution in [0.4, 0.5) is 5.00 Å². The summed E-state index contributed by atoms with van der Waals surface area (Å²) in [6, 6.07) is 15.0. The summed E-state index contributed by atoms with van der Waals surface area (Å²) in [4.78, 5) is 25.4. The van der Waals surface area contributed by atoms with Gasteiger partial charge in [0.25, 0.3) is 5.91 Å². The van der Waals surface area contributed by atoms with Crippen LogP contribution in [0.2, 0.25) is 0 Å². The zero-order valence-corrected chi connectivity index (χ0v) is 17.8. The fourth-order valence-corrected chi connectivity index (χ4v) is 4.58. The molecule has 160 valence electrons. The SMILES string of the molecule is Cc1c(Cc2ccc3c(c2)OCO3)sc(NC(=O)CCOc2ccccc2)c1C(N)=O. The highest BCUT2D eigenvalue weighted by Crippen LogP contribution is 2.37. The minimum absolute atomic E-state index is 0.154. The predicted molar refractivity (Wildman–Crippen MR) is 118 cm³/mol. The standard InChI is InChI=1S/C23H22N2O5S/c1-14-19(12-15-7-8-17-18(11-15)30-13-29-17)31-23(21(14)22(24)27)25-20(26)9-10-28-16-5-3-2-4-6-16/h2-8,11H,9-10,12-13H2,1H3,(H2,24,27)(H,25,26). The molecular weight excluding hydrogens is 416 g/mol. The number of primary amides is 1. The Balaban J connectivity index is 1.44. The predicted octanol–water partition coefficient (Wildman–Crippen LogP) is 3.88. The summed E-state index contributed by atoms with van der Waals surface area (Å²) < 4.78 is 16.3. The first-order chi connectivity index (χ1) is 15.0. The number of rotatable bonds is 8. The maximum Gasteiger partial charge on any atom is 0.251 e. The van der Waals surface area contributed by atoms with Gasteiger partial charge >= 0.3 is 0 Å². The Morgan fingerprint density at radius 3 is 2.68 bits per heavy atom. The first-order valence-electron chi connectivity index (χ1n) is 9.79. The molecule has 1 aromatic heterocycles. The molecule has 0 atom stereocenters. The Hall–Kier alpha value is -3.52. The minimum atomic E-state index is -0.568. The minimum Gasteiger partial charge on any atom is -0.493 e. The van der Waals surface area contributed by atoms with Crippen molar-refractivity contribution in [1.82, 2.24) is 0 Å². The van der Waals surface area contributed by atoms with Crippen molar-refractivity contribution >= 4 is 28.2 Å². The van der Waals surface area contributed by atoms with Crippen LogP contribution in [0, 0.1) is 6.92 Å². The second kappa shape index (κ2) is 9.09. The van der Waals surface area contributed by atoms with Crippen LogP contribution in [0.3, 0.4) is 0 Å². The number of benzene rings is 2. The monoisotopic (exact) mass is 438 g/mol. The lowest BCUT2D eigenvalue weighted by molar-refractivity contribution is -0.116. The van der Waals surface area contributed by atoms with Crippen molar-refractivity contribution in [2.75, 3.05) is 18.7 Å². The van der Waals surface area contributed by atoms with Crippen LogP contribution < -0.4 is 25.3 Å². The molecule has 0 spiro atoms. The molecule has 7 nitrogen and oxygen atoms in total. The van der Waals surface area contributed by atoms with Crippen molar-refractivity contribution in [1.29, 1.82) is 0 Å². The van der Waals surface area contributed by atoms with Crippen LogP contribution in [0.5, 0.6) is 17.2 Å². The molecule has 2 heterocycles. The number of carbonyl (C=O) groups is 2. The second-order valence-corrected chi connectivity index (χ2v) is 8.15. The van der Waals surface area contributed by atoms with Gasteiger partial charge in [0.1, 0.15) is 10.8 Å². The fraction of sp³-hybridized carbons (Fsp3) is 0.217.